The van der Waals surface area contributed by atoms with Crippen molar-refractivity contribution in [3.05, 3.63) is 59.7 Å². The fraction of sp³-hybridized carbons (Fsp3) is 0.480. The molecule has 30 heavy (non-hydrogen) atoms. The largest absolute Gasteiger partial charge is 0.493 e. The maximum atomic E-state index is 12.2. The second-order valence-corrected chi connectivity index (χ2v) is 7.81. The third-order valence-electron chi connectivity index (χ3n) is 5.94. The molecule has 3 rings (SSSR count). The summed E-state index contributed by atoms with van der Waals surface area (Å²) in [6.45, 7) is 4.23. The normalized spacial score (nSPS) is 18.9. The van der Waals surface area contributed by atoms with Crippen molar-refractivity contribution in [2.45, 2.75) is 45.2 Å². The van der Waals surface area contributed by atoms with Crippen molar-refractivity contribution in [1.29, 1.82) is 0 Å². The third-order valence-corrected chi connectivity index (χ3v) is 5.94. The van der Waals surface area contributed by atoms with E-state index in [1.807, 2.05) is 19.1 Å². The van der Waals surface area contributed by atoms with Gasteiger partial charge in [0, 0.05) is 19.0 Å². The molecular weight excluding hydrogens is 378 g/mol. The number of hydrogen-bond donors (Lipinski definition) is 0. The maximum Gasteiger partial charge on any atom is 0.306 e. The van der Waals surface area contributed by atoms with Crippen molar-refractivity contribution >= 4 is 5.97 Å². The Morgan fingerprint density at radius 1 is 1.03 bits per heavy atom. The first-order chi connectivity index (χ1) is 14.6. The Balaban J connectivity index is 1.71. The van der Waals surface area contributed by atoms with Crippen molar-refractivity contribution < 1.29 is 19.0 Å². The molecule has 1 heterocycles. The molecule has 5 heteroatoms. The van der Waals surface area contributed by atoms with Gasteiger partial charge in [0.15, 0.2) is 11.5 Å². The van der Waals surface area contributed by atoms with Crippen LogP contribution in [0.25, 0.3) is 0 Å². The van der Waals surface area contributed by atoms with E-state index in [2.05, 4.69) is 41.3 Å². The lowest BCUT2D eigenvalue weighted by molar-refractivity contribution is -0.144. The van der Waals surface area contributed by atoms with E-state index < -0.39 is 0 Å². The number of nitrogens with zero attached hydrogens (tertiary/aromatic N) is 1. The fourth-order valence-electron chi connectivity index (χ4n) is 4.44. The summed E-state index contributed by atoms with van der Waals surface area (Å²) in [6.07, 6.45) is 3.44. The quantitative estimate of drug-likeness (QED) is 0.540. The average Bonchev–Trinajstić information content (AvgIpc) is 3.13. The Morgan fingerprint density at radius 2 is 1.80 bits per heavy atom. The number of likely N-dealkylation sites (tertiary alicyclic amines) is 1. The molecule has 0 aromatic heterocycles. The highest BCUT2D eigenvalue weighted by molar-refractivity contribution is 5.69. The molecule has 1 fully saturated rings. The Hall–Kier alpha value is -2.53. The number of esters is 1. The minimum absolute atomic E-state index is 0.0832. The standard InChI is InChI=1S/C25H33NO4/c1-4-30-25(27)17-21-14-15-26(18-20-8-6-5-7-9-20)22(21)12-10-19-11-13-23(28-2)24(16-19)29-3/h5-9,11,13,16,21-22H,4,10,12,14-15,17-18H2,1-3H3. The zero-order valence-corrected chi connectivity index (χ0v) is 18.3. The Bertz CT molecular complexity index is 808. The number of aryl methyl sites for hydroxylation is 1. The van der Waals surface area contributed by atoms with Gasteiger partial charge in [0.2, 0.25) is 0 Å². The lowest BCUT2D eigenvalue weighted by atomic mass is 9.91. The van der Waals surface area contributed by atoms with Gasteiger partial charge in [-0.3, -0.25) is 9.69 Å². The molecule has 1 saturated heterocycles. The van der Waals surface area contributed by atoms with Crippen LogP contribution in [0.4, 0.5) is 0 Å². The lowest BCUT2D eigenvalue weighted by Gasteiger charge is -2.28. The van der Waals surface area contributed by atoms with Gasteiger partial charge >= 0.3 is 5.97 Å². The van der Waals surface area contributed by atoms with Gasteiger partial charge in [-0.25, -0.2) is 0 Å². The highest BCUT2D eigenvalue weighted by atomic mass is 16.5. The number of methoxy groups -OCH3 is 2. The van der Waals surface area contributed by atoms with Crippen LogP contribution in [0.5, 0.6) is 11.5 Å². The van der Waals surface area contributed by atoms with Crippen LogP contribution in [0.3, 0.4) is 0 Å². The average molecular weight is 412 g/mol. The first-order valence-corrected chi connectivity index (χ1v) is 10.8. The van der Waals surface area contributed by atoms with Gasteiger partial charge in [-0.05, 0) is 61.9 Å². The number of carbonyl (C=O) groups excluding carboxylic acids is 1. The molecule has 0 amide bonds. The monoisotopic (exact) mass is 411 g/mol. The summed E-state index contributed by atoms with van der Waals surface area (Å²) in [7, 11) is 3.31. The summed E-state index contributed by atoms with van der Waals surface area (Å²) < 4.78 is 16.0. The van der Waals surface area contributed by atoms with Crippen LogP contribution < -0.4 is 9.47 Å². The molecule has 162 valence electrons. The molecule has 0 bridgehead atoms. The molecule has 5 nitrogen and oxygen atoms in total. The molecule has 0 N–H and O–H groups in total. The van der Waals surface area contributed by atoms with E-state index in [0.29, 0.717) is 25.0 Å². The molecular formula is C25H33NO4. The van der Waals surface area contributed by atoms with Crippen LogP contribution in [0.15, 0.2) is 48.5 Å². The van der Waals surface area contributed by atoms with Gasteiger partial charge in [0.05, 0.1) is 20.8 Å². The summed E-state index contributed by atoms with van der Waals surface area (Å²) in [5.41, 5.74) is 2.53. The fourth-order valence-corrected chi connectivity index (χ4v) is 4.44. The van der Waals surface area contributed by atoms with Crippen LogP contribution in [-0.2, 0) is 22.5 Å². The zero-order valence-electron chi connectivity index (χ0n) is 18.3. The summed E-state index contributed by atoms with van der Waals surface area (Å²) in [4.78, 5) is 14.7. The number of ether oxygens (including phenoxy) is 3. The van der Waals surface area contributed by atoms with E-state index >= 15 is 0 Å². The van der Waals surface area contributed by atoms with Gasteiger partial charge in [-0.1, -0.05) is 36.4 Å². The van der Waals surface area contributed by atoms with Crippen LogP contribution in [0, 0.1) is 5.92 Å². The number of rotatable bonds is 10. The molecule has 0 radical (unpaired) electrons. The van der Waals surface area contributed by atoms with Crippen molar-refractivity contribution in [3.8, 4) is 11.5 Å². The number of carbonyl (C=O) groups is 1. The number of benzene rings is 2. The summed E-state index contributed by atoms with van der Waals surface area (Å²) in [6, 6.07) is 17.0. The maximum absolute atomic E-state index is 12.2. The molecule has 1 aliphatic heterocycles. The molecule has 2 aromatic carbocycles. The molecule has 1 aliphatic rings. The second kappa shape index (κ2) is 11.0. The van der Waals surface area contributed by atoms with E-state index in [9.17, 15) is 4.79 Å². The van der Waals surface area contributed by atoms with Crippen LogP contribution in [-0.4, -0.2) is 44.3 Å². The highest BCUT2D eigenvalue weighted by Crippen LogP contribution is 2.33. The molecule has 0 saturated carbocycles. The molecule has 0 spiro atoms. The smallest absolute Gasteiger partial charge is 0.306 e. The molecule has 2 aromatic rings. The summed E-state index contributed by atoms with van der Waals surface area (Å²) >= 11 is 0. The van der Waals surface area contributed by atoms with Crippen molar-refractivity contribution in [3.63, 3.8) is 0 Å². The first kappa shape index (κ1) is 22.2. The van der Waals surface area contributed by atoms with Crippen LogP contribution in [0.2, 0.25) is 0 Å². The van der Waals surface area contributed by atoms with Crippen molar-refractivity contribution in [1.82, 2.24) is 4.90 Å². The Labute approximate surface area is 179 Å². The van der Waals surface area contributed by atoms with Gasteiger partial charge in [0.25, 0.3) is 0 Å². The van der Waals surface area contributed by atoms with Gasteiger partial charge < -0.3 is 14.2 Å². The molecule has 2 atom stereocenters. The SMILES string of the molecule is CCOC(=O)CC1CCN(Cc2ccccc2)C1CCc1ccc(OC)c(OC)c1. The van der Waals surface area contributed by atoms with E-state index in [1.54, 1.807) is 14.2 Å². The third kappa shape index (κ3) is 5.76. The van der Waals surface area contributed by atoms with Crippen LogP contribution >= 0.6 is 0 Å². The second-order valence-electron chi connectivity index (χ2n) is 7.81. The summed E-state index contributed by atoms with van der Waals surface area (Å²) in [5.74, 6) is 1.74. The Kier molecular flexibility index (Phi) is 8.14. The van der Waals surface area contributed by atoms with Gasteiger partial charge in [-0.2, -0.15) is 0 Å². The van der Waals surface area contributed by atoms with E-state index in [-0.39, 0.29) is 5.97 Å². The Morgan fingerprint density at radius 3 is 2.50 bits per heavy atom. The predicted molar refractivity (Wildman–Crippen MR) is 118 cm³/mol. The van der Waals surface area contributed by atoms with E-state index in [0.717, 1.165) is 43.9 Å². The van der Waals surface area contributed by atoms with Crippen molar-refractivity contribution in [2.75, 3.05) is 27.4 Å². The van der Waals surface area contributed by atoms with E-state index in [1.165, 1.54) is 11.1 Å². The van der Waals surface area contributed by atoms with Crippen molar-refractivity contribution in [2.24, 2.45) is 5.92 Å². The topological polar surface area (TPSA) is 48.0 Å². The van der Waals surface area contributed by atoms with Gasteiger partial charge in [0.1, 0.15) is 0 Å². The lowest BCUT2D eigenvalue weighted by Crippen LogP contribution is -2.34. The zero-order chi connectivity index (χ0) is 21.3. The minimum Gasteiger partial charge on any atom is -0.493 e. The summed E-state index contributed by atoms with van der Waals surface area (Å²) in [5, 5.41) is 0. The van der Waals surface area contributed by atoms with E-state index in [4.69, 9.17) is 14.2 Å². The molecule has 2 unspecified atom stereocenters. The van der Waals surface area contributed by atoms with Gasteiger partial charge in [-0.15, -0.1) is 0 Å². The number of hydrogen-bond acceptors (Lipinski definition) is 5. The minimum atomic E-state index is -0.0832. The van der Waals surface area contributed by atoms with Crippen LogP contribution in [0.1, 0.15) is 37.3 Å². The predicted octanol–water partition coefficient (Wildman–Crippen LogP) is 4.48. The first-order valence-electron chi connectivity index (χ1n) is 10.8. The molecule has 0 aliphatic carbocycles. The highest BCUT2D eigenvalue weighted by Gasteiger charge is 2.35.